The third-order valence-electron chi connectivity index (χ3n) is 2.54. The average Bonchev–Trinajstić information content (AvgIpc) is 2.09. The topological polar surface area (TPSA) is 26.3 Å². The molecular formula is C10H17BrO2. The summed E-state index contributed by atoms with van der Waals surface area (Å²) in [6.07, 6.45) is 5.34. The van der Waals surface area contributed by atoms with Gasteiger partial charge in [0.25, 0.3) is 0 Å². The van der Waals surface area contributed by atoms with Crippen LogP contribution in [0.1, 0.15) is 39.0 Å². The number of hydrogen-bond donors (Lipinski definition) is 0. The maximum absolute atomic E-state index is 11.2. The minimum absolute atomic E-state index is 0.0273. The van der Waals surface area contributed by atoms with Crippen LogP contribution in [-0.2, 0) is 9.53 Å². The summed E-state index contributed by atoms with van der Waals surface area (Å²) in [5, 5.41) is 0. The van der Waals surface area contributed by atoms with Crippen LogP contribution in [0.4, 0.5) is 0 Å². The molecule has 1 fully saturated rings. The zero-order chi connectivity index (χ0) is 9.68. The molecule has 0 amide bonds. The number of ether oxygens (including phenoxy) is 1. The number of esters is 1. The highest BCUT2D eigenvalue weighted by atomic mass is 79.9. The Morgan fingerprint density at radius 1 is 1.38 bits per heavy atom. The molecule has 0 heterocycles. The number of hydrogen-bond acceptors (Lipinski definition) is 2. The fourth-order valence-electron chi connectivity index (χ4n) is 1.78. The van der Waals surface area contributed by atoms with Gasteiger partial charge >= 0.3 is 5.97 Å². The molecule has 0 aromatic heterocycles. The predicted molar refractivity (Wildman–Crippen MR) is 55.9 cm³/mol. The van der Waals surface area contributed by atoms with Gasteiger partial charge < -0.3 is 4.74 Å². The zero-order valence-electron chi connectivity index (χ0n) is 8.09. The molecule has 76 valence electrons. The lowest BCUT2D eigenvalue weighted by molar-refractivity contribution is -0.144. The molecular weight excluding hydrogens is 232 g/mol. The molecule has 0 unspecified atom stereocenters. The number of carbonyl (C=O) groups is 1. The maximum Gasteiger partial charge on any atom is 0.306 e. The molecule has 0 aromatic carbocycles. The lowest BCUT2D eigenvalue weighted by Crippen LogP contribution is -2.18. The van der Waals surface area contributed by atoms with Gasteiger partial charge in [0.15, 0.2) is 0 Å². The molecule has 13 heavy (non-hydrogen) atoms. The molecule has 0 N–H and O–H groups in total. The van der Waals surface area contributed by atoms with E-state index in [1.165, 1.54) is 12.8 Å². The molecule has 0 aromatic rings. The van der Waals surface area contributed by atoms with Gasteiger partial charge in [-0.2, -0.15) is 0 Å². The lowest BCUT2D eigenvalue weighted by atomic mass is 9.87. The van der Waals surface area contributed by atoms with E-state index >= 15 is 0 Å². The van der Waals surface area contributed by atoms with Crippen molar-refractivity contribution in [2.24, 2.45) is 5.92 Å². The Hall–Kier alpha value is -0.0500. The number of alkyl halides is 1. The fourth-order valence-corrected chi connectivity index (χ4v) is 2.31. The van der Waals surface area contributed by atoms with E-state index in [1.54, 1.807) is 0 Å². The zero-order valence-corrected chi connectivity index (χ0v) is 9.68. The van der Waals surface area contributed by atoms with E-state index in [-0.39, 0.29) is 5.97 Å². The summed E-state index contributed by atoms with van der Waals surface area (Å²) < 4.78 is 4.92. The Morgan fingerprint density at radius 2 is 2.00 bits per heavy atom. The predicted octanol–water partition coefficient (Wildman–Crippen LogP) is 2.89. The van der Waals surface area contributed by atoms with E-state index in [0.29, 0.717) is 23.8 Å². The summed E-state index contributed by atoms with van der Waals surface area (Å²) in [4.78, 5) is 11.8. The second kappa shape index (κ2) is 5.63. The van der Waals surface area contributed by atoms with Crippen molar-refractivity contribution >= 4 is 21.9 Å². The summed E-state index contributed by atoms with van der Waals surface area (Å²) in [6.45, 7) is 2.36. The van der Waals surface area contributed by atoms with Crippen LogP contribution in [0, 0.1) is 5.92 Å². The molecule has 0 radical (unpaired) electrons. The number of rotatable bonds is 3. The van der Waals surface area contributed by atoms with Crippen LogP contribution in [0.3, 0.4) is 0 Å². The largest absolute Gasteiger partial charge is 0.466 e. The van der Waals surface area contributed by atoms with Crippen molar-refractivity contribution in [2.45, 2.75) is 43.9 Å². The molecule has 0 bridgehead atoms. The average molecular weight is 249 g/mol. The van der Waals surface area contributed by atoms with Gasteiger partial charge in [-0.05, 0) is 38.5 Å². The van der Waals surface area contributed by atoms with Crippen molar-refractivity contribution < 1.29 is 9.53 Å². The Morgan fingerprint density at radius 3 is 2.54 bits per heavy atom. The van der Waals surface area contributed by atoms with Gasteiger partial charge in [-0.1, -0.05) is 15.9 Å². The first-order valence-corrected chi connectivity index (χ1v) is 5.93. The maximum atomic E-state index is 11.2. The monoisotopic (exact) mass is 248 g/mol. The summed E-state index contributed by atoms with van der Waals surface area (Å²) in [5.41, 5.74) is 0. The first-order valence-electron chi connectivity index (χ1n) is 5.02. The molecule has 1 aliphatic rings. The SMILES string of the molecule is CCOC(=O)CC1CCC(Br)CC1. The van der Waals surface area contributed by atoms with E-state index < -0.39 is 0 Å². The van der Waals surface area contributed by atoms with Gasteiger partial charge in [0, 0.05) is 11.2 Å². The second-order valence-corrected chi connectivity index (χ2v) is 4.92. The van der Waals surface area contributed by atoms with Crippen molar-refractivity contribution in [3.05, 3.63) is 0 Å². The summed E-state index contributed by atoms with van der Waals surface area (Å²) in [6, 6.07) is 0. The first kappa shape index (κ1) is 11.0. The Balaban J connectivity index is 2.18. The molecule has 0 aliphatic heterocycles. The first-order chi connectivity index (χ1) is 6.22. The molecule has 0 spiro atoms. The van der Waals surface area contributed by atoms with Crippen LogP contribution in [0.2, 0.25) is 0 Å². The summed E-state index contributed by atoms with van der Waals surface area (Å²) in [7, 11) is 0. The molecule has 0 saturated heterocycles. The van der Waals surface area contributed by atoms with Crippen LogP contribution < -0.4 is 0 Å². The number of carbonyl (C=O) groups excluding carboxylic acids is 1. The van der Waals surface area contributed by atoms with E-state index in [2.05, 4.69) is 15.9 Å². The molecule has 0 atom stereocenters. The highest BCUT2D eigenvalue weighted by Crippen LogP contribution is 2.30. The van der Waals surface area contributed by atoms with Gasteiger partial charge in [-0.15, -0.1) is 0 Å². The highest BCUT2D eigenvalue weighted by Gasteiger charge is 2.21. The third kappa shape index (κ3) is 4.12. The Labute approximate surface area is 88.2 Å². The smallest absolute Gasteiger partial charge is 0.306 e. The molecule has 1 aliphatic carbocycles. The van der Waals surface area contributed by atoms with E-state index in [4.69, 9.17) is 4.74 Å². The highest BCUT2D eigenvalue weighted by molar-refractivity contribution is 9.09. The quantitative estimate of drug-likeness (QED) is 0.567. The van der Waals surface area contributed by atoms with Crippen molar-refractivity contribution in [1.29, 1.82) is 0 Å². The van der Waals surface area contributed by atoms with Crippen molar-refractivity contribution in [3.63, 3.8) is 0 Å². The van der Waals surface area contributed by atoms with Crippen molar-refractivity contribution in [1.82, 2.24) is 0 Å². The fraction of sp³-hybridized carbons (Fsp3) is 0.900. The number of halogens is 1. The van der Waals surface area contributed by atoms with Gasteiger partial charge in [0.1, 0.15) is 0 Å². The van der Waals surface area contributed by atoms with Crippen LogP contribution in [0.5, 0.6) is 0 Å². The molecule has 3 heteroatoms. The normalized spacial score (nSPS) is 28.5. The standard InChI is InChI=1S/C10H17BrO2/c1-2-13-10(12)7-8-3-5-9(11)6-4-8/h8-9H,2-7H2,1H3. The van der Waals surface area contributed by atoms with E-state index in [0.717, 1.165) is 12.8 Å². The van der Waals surface area contributed by atoms with Gasteiger partial charge in [-0.25, -0.2) is 0 Å². The summed E-state index contributed by atoms with van der Waals surface area (Å²) in [5.74, 6) is 0.536. The van der Waals surface area contributed by atoms with Crippen LogP contribution in [-0.4, -0.2) is 17.4 Å². The van der Waals surface area contributed by atoms with E-state index in [9.17, 15) is 4.79 Å². The van der Waals surface area contributed by atoms with Gasteiger partial charge in [0.2, 0.25) is 0 Å². The van der Waals surface area contributed by atoms with Crippen LogP contribution in [0.15, 0.2) is 0 Å². The minimum atomic E-state index is -0.0273. The summed E-state index contributed by atoms with van der Waals surface area (Å²) >= 11 is 3.60. The Kier molecular flexibility index (Phi) is 4.78. The minimum Gasteiger partial charge on any atom is -0.466 e. The second-order valence-electron chi connectivity index (χ2n) is 3.63. The van der Waals surface area contributed by atoms with Crippen molar-refractivity contribution in [3.8, 4) is 0 Å². The molecule has 1 rings (SSSR count). The van der Waals surface area contributed by atoms with Crippen molar-refractivity contribution in [2.75, 3.05) is 6.61 Å². The van der Waals surface area contributed by atoms with Crippen LogP contribution >= 0.6 is 15.9 Å². The van der Waals surface area contributed by atoms with Gasteiger partial charge in [0.05, 0.1) is 6.61 Å². The lowest BCUT2D eigenvalue weighted by Gasteiger charge is -2.24. The Bertz CT molecular complexity index is 162. The molecule has 1 saturated carbocycles. The van der Waals surface area contributed by atoms with Crippen LogP contribution in [0.25, 0.3) is 0 Å². The van der Waals surface area contributed by atoms with Gasteiger partial charge in [-0.3, -0.25) is 4.79 Å². The molecule has 2 nitrogen and oxygen atoms in total. The van der Waals surface area contributed by atoms with E-state index in [1.807, 2.05) is 6.92 Å². The third-order valence-corrected chi connectivity index (χ3v) is 3.45.